The van der Waals surface area contributed by atoms with Crippen LogP contribution in [-0.2, 0) is 7.05 Å². The molecular formula is C14H18BrN3O2. The highest BCUT2D eigenvalue weighted by molar-refractivity contribution is 9.10. The number of nitrogens with two attached hydrogens (primary N) is 1. The molecule has 1 aromatic heterocycles. The summed E-state index contributed by atoms with van der Waals surface area (Å²) < 4.78 is 13.6. The van der Waals surface area contributed by atoms with Crippen LogP contribution in [-0.4, -0.2) is 23.0 Å². The van der Waals surface area contributed by atoms with Crippen LogP contribution in [0.15, 0.2) is 22.8 Å². The van der Waals surface area contributed by atoms with Gasteiger partial charge in [0.15, 0.2) is 11.5 Å². The van der Waals surface area contributed by atoms with Gasteiger partial charge in [-0.1, -0.05) is 15.9 Å². The van der Waals surface area contributed by atoms with E-state index in [0.29, 0.717) is 17.3 Å². The number of ether oxygens (including phenoxy) is 2. The lowest BCUT2D eigenvalue weighted by molar-refractivity contribution is 0.230. The van der Waals surface area contributed by atoms with Gasteiger partial charge in [-0.2, -0.15) is 5.10 Å². The fourth-order valence-electron chi connectivity index (χ4n) is 1.90. The molecule has 20 heavy (non-hydrogen) atoms. The Hall–Kier alpha value is -1.69. The van der Waals surface area contributed by atoms with Gasteiger partial charge >= 0.3 is 0 Å². The maximum absolute atomic E-state index is 6.03. The van der Waals surface area contributed by atoms with Crippen LogP contribution in [0.5, 0.6) is 11.5 Å². The van der Waals surface area contributed by atoms with Gasteiger partial charge in [-0.05, 0) is 26.0 Å². The molecule has 0 bridgehead atoms. The second-order valence-corrected chi connectivity index (χ2v) is 5.57. The van der Waals surface area contributed by atoms with Gasteiger partial charge in [0.25, 0.3) is 0 Å². The van der Waals surface area contributed by atoms with E-state index in [4.69, 9.17) is 15.2 Å². The van der Waals surface area contributed by atoms with Crippen LogP contribution in [0.4, 0.5) is 5.82 Å². The Balaban J connectivity index is 2.56. The molecule has 5 nitrogen and oxygen atoms in total. The van der Waals surface area contributed by atoms with E-state index < -0.39 is 0 Å². The van der Waals surface area contributed by atoms with Crippen molar-refractivity contribution in [3.8, 4) is 22.6 Å². The molecule has 0 unspecified atom stereocenters. The van der Waals surface area contributed by atoms with E-state index >= 15 is 0 Å². The molecule has 0 amide bonds. The Morgan fingerprint density at radius 2 is 1.95 bits per heavy atom. The first kappa shape index (κ1) is 14.7. The van der Waals surface area contributed by atoms with Crippen molar-refractivity contribution in [2.45, 2.75) is 20.0 Å². The van der Waals surface area contributed by atoms with E-state index in [-0.39, 0.29) is 6.10 Å². The normalized spacial score (nSPS) is 10.9. The SMILES string of the molecule is COc1cc(Br)c(-c2cnn(C)c2N)cc1OC(C)C. The molecule has 0 spiro atoms. The van der Waals surface area contributed by atoms with Gasteiger partial charge in [0, 0.05) is 22.6 Å². The molecule has 2 aromatic rings. The summed E-state index contributed by atoms with van der Waals surface area (Å²) in [5.41, 5.74) is 7.81. The number of aromatic nitrogens is 2. The molecule has 0 atom stereocenters. The largest absolute Gasteiger partial charge is 0.493 e. The highest BCUT2D eigenvalue weighted by Gasteiger charge is 2.16. The van der Waals surface area contributed by atoms with Crippen molar-refractivity contribution in [1.29, 1.82) is 0 Å². The second kappa shape index (κ2) is 5.75. The fraction of sp³-hybridized carbons (Fsp3) is 0.357. The minimum Gasteiger partial charge on any atom is -0.493 e. The highest BCUT2D eigenvalue weighted by atomic mass is 79.9. The van der Waals surface area contributed by atoms with Crippen molar-refractivity contribution in [2.24, 2.45) is 7.05 Å². The number of rotatable bonds is 4. The quantitative estimate of drug-likeness (QED) is 0.928. The molecule has 6 heteroatoms. The average molecular weight is 340 g/mol. The van der Waals surface area contributed by atoms with Crippen LogP contribution in [0.1, 0.15) is 13.8 Å². The number of hydrogen-bond donors (Lipinski definition) is 1. The Morgan fingerprint density at radius 1 is 1.25 bits per heavy atom. The lowest BCUT2D eigenvalue weighted by Gasteiger charge is -2.16. The van der Waals surface area contributed by atoms with E-state index in [9.17, 15) is 0 Å². The van der Waals surface area contributed by atoms with Gasteiger partial charge in [0.05, 0.1) is 19.4 Å². The number of aryl methyl sites for hydroxylation is 1. The number of nitrogen functional groups attached to an aromatic ring is 1. The number of halogens is 1. The lowest BCUT2D eigenvalue weighted by Crippen LogP contribution is -2.07. The third-order valence-corrected chi connectivity index (χ3v) is 3.55. The van der Waals surface area contributed by atoms with Gasteiger partial charge in [-0.15, -0.1) is 0 Å². The van der Waals surface area contributed by atoms with Crippen molar-refractivity contribution >= 4 is 21.7 Å². The van der Waals surface area contributed by atoms with E-state index in [1.807, 2.05) is 33.0 Å². The molecule has 108 valence electrons. The summed E-state index contributed by atoms with van der Waals surface area (Å²) in [6.45, 7) is 3.94. The van der Waals surface area contributed by atoms with Gasteiger partial charge in [0.1, 0.15) is 5.82 Å². The summed E-state index contributed by atoms with van der Waals surface area (Å²) in [5, 5.41) is 4.17. The molecule has 1 heterocycles. The minimum atomic E-state index is 0.0594. The third-order valence-electron chi connectivity index (χ3n) is 2.89. The molecule has 2 rings (SSSR count). The van der Waals surface area contributed by atoms with Crippen LogP contribution < -0.4 is 15.2 Å². The Kier molecular flexibility index (Phi) is 4.23. The Labute approximate surface area is 126 Å². The maximum atomic E-state index is 6.03. The zero-order valence-corrected chi connectivity index (χ0v) is 13.6. The maximum Gasteiger partial charge on any atom is 0.162 e. The first-order chi connectivity index (χ1) is 9.43. The van der Waals surface area contributed by atoms with Crippen LogP contribution in [0.2, 0.25) is 0 Å². The van der Waals surface area contributed by atoms with Gasteiger partial charge in [0.2, 0.25) is 0 Å². The first-order valence-electron chi connectivity index (χ1n) is 6.26. The topological polar surface area (TPSA) is 62.3 Å². The van der Waals surface area contributed by atoms with Gasteiger partial charge in [-0.25, -0.2) is 0 Å². The Bertz CT molecular complexity index is 623. The van der Waals surface area contributed by atoms with Crippen molar-refractivity contribution in [1.82, 2.24) is 9.78 Å². The van der Waals surface area contributed by atoms with Crippen molar-refractivity contribution in [2.75, 3.05) is 12.8 Å². The van der Waals surface area contributed by atoms with Gasteiger partial charge < -0.3 is 15.2 Å². The minimum absolute atomic E-state index is 0.0594. The number of methoxy groups -OCH3 is 1. The second-order valence-electron chi connectivity index (χ2n) is 4.72. The summed E-state index contributed by atoms with van der Waals surface area (Å²) in [4.78, 5) is 0. The number of hydrogen-bond acceptors (Lipinski definition) is 4. The summed E-state index contributed by atoms with van der Waals surface area (Å²) in [5.74, 6) is 1.96. The fourth-order valence-corrected chi connectivity index (χ4v) is 2.44. The van der Waals surface area contributed by atoms with Crippen LogP contribution >= 0.6 is 15.9 Å². The number of benzene rings is 1. The summed E-state index contributed by atoms with van der Waals surface area (Å²) in [6, 6.07) is 3.79. The standard InChI is InChI=1S/C14H18BrN3O2/c1-8(2)20-13-5-9(11(15)6-12(13)19-4)10-7-17-18(3)14(10)16/h5-8H,16H2,1-4H3. The van der Waals surface area contributed by atoms with Crippen LogP contribution in [0.3, 0.4) is 0 Å². The van der Waals surface area contributed by atoms with E-state index in [1.54, 1.807) is 18.0 Å². The van der Waals surface area contributed by atoms with E-state index in [2.05, 4.69) is 21.0 Å². The van der Waals surface area contributed by atoms with Crippen LogP contribution in [0.25, 0.3) is 11.1 Å². The lowest BCUT2D eigenvalue weighted by atomic mass is 10.1. The molecule has 0 fully saturated rings. The summed E-state index contributed by atoms with van der Waals surface area (Å²) >= 11 is 3.54. The van der Waals surface area contributed by atoms with E-state index in [0.717, 1.165) is 15.6 Å². The van der Waals surface area contributed by atoms with Crippen molar-refractivity contribution < 1.29 is 9.47 Å². The smallest absolute Gasteiger partial charge is 0.162 e. The first-order valence-corrected chi connectivity index (χ1v) is 7.05. The molecule has 2 N–H and O–H groups in total. The molecule has 0 aliphatic heterocycles. The zero-order valence-electron chi connectivity index (χ0n) is 12.0. The third kappa shape index (κ3) is 2.75. The number of anilines is 1. The average Bonchev–Trinajstić information content (AvgIpc) is 2.71. The van der Waals surface area contributed by atoms with E-state index in [1.165, 1.54) is 0 Å². The number of nitrogens with zero attached hydrogens (tertiary/aromatic N) is 2. The molecule has 0 radical (unpaired) electrons. The highest BCUT2D eigenvalue weighted by Crippen LogP contribution is 2.40. The summed E-state index contributed by atoms with van der Waals surface area (Å²) in [7, 11) is 3.43. The molecule has 1 aromatic carbocycles. The molecule has 0 saturated carbocycles. The van der Waals surface area contributed by atoms with Crippen molar-refractivity contribution in [3.05, 3.63) is 22.8 Å². The molecule has 0 saturated heterocycles. The van der Waals surface area contributed by atoms with Crippen molar-refractivity contribution in [3.63, 3.8) is 0 Å². The monoisotopic (exact) mass is 339 g/mol. The predicted molar refractivity (Wildman–Crippen MR) is 83.1 cm³/mol. The Morgan fingerprint density at radius 3 is 2.45 bits per heavy atom. The molecule has 0 aliphatic carbocycles. The predicted octanol–water partition coefficient (Wildman–Crippen LogP) is 3.23. The zero-order chi connectivity index (χ0) is 14.9. The molecular weight excluding hydrogens is 322 g/mol. The van der Waals surface area contributed by atoms with Gasteiger partial charge in [-0.3, -0.25) is 4.68 Å². The molecule has 0 aliphatic rings. The summed E-state index contributed by atoms with van der Waals surface area (Å²) in [6.07, 6.45) is 1.80. The van der Waals surface area contributed by atoms with Crippen LogP contribution in [0, 0.1) is 0 Å².